The van der Waals surface area contributed by atoms with Crippen LogP contribution in [0.4, 0.5) is 5.82 Å². The second-order valence-electron chi connectivity index (χ2n) is 4.91. The molecule has 4 nitrogen and oxygen atoms in total. The van der Waals surface area contributed by atoms with Crippen molar-refractivity contribution < 1.29 is 5.11 Å². The second-order valence-corrected chi connectivity index (χ2v) is 4.91. The highest BCUT2D eigenvalue weighted by atomic mass is 16.3. The van der Waals surface area contributed by atoms with Gasteiger partial charge in [-0.25, -0.2) is 9.97 Å². The number of hydrogen-bond donors (Lipinski definition) is 1. The Labute approximate surface area is 112 Å². The zero-order valence-corrected chi connectivity index (χ0v) is 11.0. The highest BCUT2D eigenvalue weighted by molar-refractivity contribution is 5.63. The molecule has 2 aromatic rings. The van der Waals surface area contributed by atoms with Gasteiger partial charge in [0.05, 0.1) is 11.8 Å². The SMILES string of the molecule is Cc1nc(-c2ccccc2)cc(N2CCC(O)C2)n1. The second kappa shape index (κ2) is 4.97. The molecular weight excluding hydrogens is 238 g/mol. The number of aryl methyl sites for hydroxylation is 1. The first-order chi connectivity index (χ1) is 9.22. The van der Waals surface area contributed by atoms with Crippen molar-refractivity contribution in [1.82, 2.24) is 9.97 Å². The summed E-state index contributed by atoms with van der Waals surface area (Å²) in [5, 5.41) is 9.63. The Balaban J connectivity index is 1.97. The van der Waals surface area contributed by atoms with Crippen LogP contribution >= 0.6 is 0 Å². The first-order valence-electron chi connectivity index (χ1n) is 6.56. The van der Waals surface area contributed by atoms with Crippen LogP contribution in [0.1, 0.15) is 12.2 Å². The Kier molecular flexibility index (Phi) is 3.17. The molecular formula is C15H17N3O. The summed E-state index contributed by atoms with van der Waals surface area (Å²) < 4.78 is 0. The Morgan fingerprint density at radius 3 is 2.68 bits per heavy atom. The number of nitrogens with zero attached hydrogens (tertiary/aromatic N) is 3. The number of aromatic nitrogens is 2. The monoisotopic (exact) mass is 255 g/mol. The van der Waals surface area contributed by atoms with E-state index in [4.69, 9.17) is 0 Å². The van der Waals surface area contributed by atoms with Crippen molar-refractivity contribution in [2.24, 2.45) is 0 Å². The molecule has 0 amide bonds. The number of aliphatic hydroxyl groups is 1. The highest BCUT2D eigenvalue weighted by Crippen LogP contribution is 2.24. The van der Waals surface area contributed by atoms with E-state index in [0.717, 1.165) is 35.9 Å². The quantitative estimate of drug-likeness (QED) is 0.892. The number of β-amino-alcohol motifs (C(OH)–C–C–N with tert-alkyl or cyclic N) is 1. The minimum Gasteiger partial charge on any atom is -0.391 e. The standard InChI is InChI=1S/C15H17N3O/c1-11-16-14(12-5-3-2-4-6-12)9-15(17-11)18-8-7-13(19)10-18/h2-6,9,13,19H,7-8,10H2,1H3. The van der Waals surface area contributed by atoms with E-state index in [9.17, 15) is 5.11 Å². The molecule has 0 aliphatic carbocycles. The summed E-state index contributed by atoms with van der Waals surface area (Å²) in [7, 11) is 0. The van der Waals surface area contributed by atoms with Crippen molar-refractivity contribution in [3.05, 3.63) is 42.2 Å². The molecule has 19 heavy (non-hydrogen) atoms. The van der Waals surface area contributed by atoms with Crippen molar-refractivity contribution in [2.75, 3.05) is 18.0 Å². The largest absolute Gasteiger partial charge is 0.391 e. The maximum absolute atomic E-state index is 9.63. The van der Waals surface area contributed by atoms with Gasteiger partial charge >= 0.3 is 0 Å². The Morgan fingerprint density at radius 1 is 1.21 bits per heavy atom. The van der Waals surface area contributed by atoms with Crippen LogP contribution in [0.15, 0.2) is 36.4 Å². The molecule has 3 rings (SSSR count). The summed E-state index contributed by atoms with van der Waals surface area (Å²) in [6.45, 7) is 3.42. The lowest BCUT2D eigenvalue weighted by Crippen LogP contribution is -2.22. The van der Waals surface area contributed by atoms with E-state index in [2.05, 4.69) is 14.9 Å². The number of anilines is 1. The van der Waals surface area contributed by atoms with Gasteiger partial charge in [0.1, 0.15) is 11.6 Å². The summed E-state index contributed by atoms with van der Waals surface area (Å²) >= 11 is 0. The predicted octanol–water partition coefficient (Wildman–Crippen LogP) is 2.02. The molecule has 1 aromatic heterocycles. The summed E-state index contributed by atoms with van der Waals surface area (Å²) in [5.74, 6) is 1.67. The summed E-state index contributed by atoms with van der Waals surface area (Å²) in [6.07, 6.45) is 0.569. The number of rotatable bonds is 2. The molecule has 1 N–H and O–H groups in total. The summed E-state index contributed by atoms with van der Waals surface area (Å²) in [5.41, 5.74) is 2.03. The van der Waals surface area contributed by atoms with Crippen LogP contribution in [0.5, 0.6) is 0 Å². The molecule has 1 saturated heterocycles. The first-order valence-corrected chi connectivity index (χ1v) is 6.56. The fourth-order valence-electron chi connectivity index (χ4n) is 2.42. The van der Waals surface area contributed by atoms with Crippen LogP contribution in [0.25, 0.3) is 11.3 Å². The minimum atomic E-state index is -0.240. The molecule has 0 bridgehead atoms. The van der Waals surface area contributed by atoms with Gasteiger partial charge in [0.2, 0.25) is 0 Å². The smallest absolute Gasteiger partial charge is 0.132 e. The van der Waals surface area contributed by atoms with Crippen molar-refractivity contribution in [3.63, 3.8) is 0 Å². The zero-order valence-electron chi connectivity index (χ0n) is 11.0. The molecule has 0 radical (unpaired) electrons. The van der Waals surface area contributed by atoms with Gasteiger partial charge in [-0.2, -0.15) is 0 Å². The van der Waals surface area contributed by atoms with Crippen molar-refractivity contribution in [3.8, 4) is 11.3 Å². The van der Waals surface area contributed by atoms with Crippen LogP contribution in [-0.4, -0.2) is 34.3 Å². The molecule has 1 fully saturated rings. The number of hydrogen-bond acceptors (Lipinski definition) is 4. The third kappa shape index (κ3) is 2.58. The Bertz CT molecular complexity index is 571. The first kappa shape index (κ1) is 12.1. The lowest BCUT2D eigenvalue weighted by molar-refractivity contribution is 0.198. The highest BCUT2D eigenvalue weighted by Gasteiger charge is 2.22. The summed E-state index contributed by atoms with van der Waals surface area (Å²) in [6, 6.07) is 12.1. The van der Waals surface area contributed by atoms with Gasteiger partial charge in [-0.1, -0.05) is 30.3 Å². The summed E-state index contributed by atoms with van der Waals surface area (Å²) in [4.78, 5) is 11.1. The minimum absolute atomic E-state index is 0.240. The van der Waals surface area contributed by atoms with Crippen molar-refractivity contribution >= 4 is 5.82 Å². The molecule has 1 aliphatic rings. The Hall–Kier alpha value is -1.94. The Morgan fingerprint density at radius 2 is 2.00 bits per heavy atom. The molecule has 4 heteroatoms. The van der Waals surface area contributed by atoms with Crippen LogP contribution in [-0.2, 0) is 0 Å². The average Bonchev–Trinajstić information content (AvgIpc) is 2.86. The van der Waals surface area contributed by atoms with Gasteiger partial charge in [0.15, 0.2) is 0 Å². The molecule has 1 unspecified atom stereocenters. The van der Waals surface area contributed by atoms with Gasteiger partial charge in [0, 0.05) is 24.7 Å². The molecule has 0 spiro atoms. The van der Waals surface area contributed by atoms with Crippen molar-refractivity contribution in [1.29, 1.82) is 0 Å². The fraction of sp³-hybridized carbons (Fsp3) is 0.333. The molecule has 1 atom stereocenters. The van der Waals surface area contributed by atoms with Crippen LogP contribution in [0.2, 0.25) is 0 Å². The van der Waals surface area contributed by atoms with Crippen molar-refractivity contribution in [2.45, 2.75) is 19.4 Å². The van der Waals surface area contributed by atoms with E-state index in [1.54, 1.807) is 0 Å². The fourth-order valence-corrected chi connectivity index (χ4v) is 2.42. The third-order valence-corrected chi connectivity index (χ3v) is 3.38. The molecule has 1 aliphatic heterocycles. The lowest BCUT2D eigenvalue weighted by Gasteiger charge is -2.17. The van der Waals surface area contributed by atoms with E-state index in [-0.39, 0.29) is 6.10 Å². The molecule has 2 heterocycles. The zero-order chi connectivity index (χ0) is 13.2. The topological polar surface area (TPSA) is 49.2 Å². The van der Waals surface area contributed by atoms with E-state index < -0.39 is 0 Å². The normalized spacial score (nSPS) is 18.8. The van der Waals surface area contributed by atoms with E-state index >= 15 is 0 Å². The third-order valence-electron chi connectivity index (χ3n) is 3.38. The maximum Gasteiger partial charge on any atom is 0.132 e. The van der Waals surface area contributed by atoms with Crippen LogP contribution < -0.4 is 4.90 Å². The lowest BCUT2D eigenvalue weighted by atomic mass is 10.1. The van der Waals surface area contributed by atoms with Gasteiger partial charge in [-0.05, 0) is 13.3 Å². The van der Waals surface area contributed by atoms with Gasteiger partial charge in [-0.15, -0.1) is 0 Å². The van der Waals surface area contributed by atoms with E-state index in [1.807, 2.05) is 43.3 Å². The number of aliphatic hydroxyl groups excluding tert-OH is 1. The predicted molar refractivity (Wildman–Crippen MR) is 75.0 cm³/mol. The van der Waals surface area contributed by atoms with E-state index in [0.29, 0.717) is 6.54 Å². The molecule has 1 aromatic carbocycles. The van der Waals surface area contributed by atoms with E-state index in [1.165, 1.54) is 0 Å². The maximum atomic E-state index is 9.63. The molecule has 0 saturated carbocycles. The van der Waals surface area contributed by atoms with Gasteiger partial charge in [0.25, 0.3) is 0 Å². The van der Waals surface area contributed by atoms with Gasteiger partial charge < -0.3 is 10.0 Å². The van der Waals surface area contributed by atoms with Gasteiger partial charge in [-0.3, -0.25) is 0 Å². The average molecular weight is 255 g/mol. The van der Waals surface area contributed by atoms with Crippen LogP contribution in [0.3, 0.4) is 0 Å². The van der Waals surface area contributed by atoms with Crippen LogP contribution in [0, 0.1) is 6.92 Å². The molecule has 98 valence electrons. The number of benzene rings is 1.